The van der Waals surface area contributed by atoms with Gasteiger partial charge in [-0.25, -0.2) is 4.98 Å². The number of para-hydroxylation sites is 2. The minimum atomic E-state index is -0.310. The van der Waals surface area contributed by atoms with E-state index in [0.717, 1.165) is 43.8 Å². The van der Waals surface area contributed by atoms with Gasteiger partial charge in [-0.2, -0.15) is 0 Å². The first-order valence-electron chi connectivity index (χ1n) is 14.8. The van der Waals surface area contributed by atoms with Crippen LogP contribution in [-0.4, -0.2) is 57.0 Å². The summed E-state index contributed by atoms with van der Waals surface area (Å²) in [6, 6.07) is 21.7. The average Bonchev–Trinajstić information content (AvgIpc) is 3.38. The van der Waals surface area contributed by atoms with Crippen molar-refractivity contribution >= 4 is 16.9 Å². The summed E-state index contributed by atoms with van der Waals surface area (Å²) in [4.78, 5) is 22.9. The van der Waals surface area contributed by atoms with Gasteiger partial charge in [-0.3, -0.25) is 9.69 Å². The lowest BCUT2D eigenvalue weighted by molar-refractivity contribution is -0.141. The molecule has 3 aliphatic rings. The molecule has 5 nitrogen and oxygen atoms in total. The minimum absolute atomic E-state index is 0.156. The predicted octanol–water partition coefficient (Wildman–Crippen LogP) is 6.51. The average molecular weight is 513 g/mol. The lowest BCUT2D eigenvalue weighted by Crippen LogP contribution is -2.50. The SMILES string of the molecule is Cc1nc2ccccc2n1C1CC2CCC(C1)N2CCC1(c2ccccc2)CCN(C(=O)C(C)(C)C)CC1. The van der Waals surface area contributed by atoms with Crippen molar-refractivity contribution in [1.82, 2.24) is 19.4 Å². The summed E-state index contributed by atoms with van der Waals surface area (Å²) in [7, 11) is 0. The zero-order chi connectivity index (χ0) is 26.5. The number of benzene rings is 2. The highest BCUT2D eigenvalue weighted by Gasteiger charge is 2.44. The van der Waals surface area contributed by atoms with E-state index in [4.69, 9.17) is 4.98 Å². The van der Waals surface area contributed by atoms with Gasteiger partial charge in [-0.1, -0.05) is 63.2 Å². The number of nitrogens with zero attached hydrogens (tertiary/aromatic N) is 4. The number of hydrogen-bond donors (Lipinski definition) is 0. The molecule has 4 heterocycles. The summed E-state index contributed by atoms with van der Waals surface area (Å²) in [5.74, 6) is 1.45. The van der Waals surface area contributed by atoms with Crippen molar-refractivity contribution in [3.05, 3.63) is 66.0 Å². The molecule has 5 heteroatoms. The molecule has 1 amide bonds. The second kappa shape index (κ2) is 9.82. The summed E-state index contributed by atoms with van der Waals surface area (Å²) in [6.45, 7) is 11.2. The second-order valence-corrected chi connectivity index (χ2v) is 13.2. The van der Waals surface area contributed by atoms with Crippen LogP contribution in [0.3, 0.4) is 0 Å². The molecule has 202 valence electrons. The predicted molar refractivity (Wildman–Crippen MR) is 154 cm³/mol. The Bertz CT molecular complexity index is 1270. The molecular formula is C33H44N4O. The highest BCUT2D eigenvalue weighted by Crippen LogP contribution is 2.45. The first-order valence-corrected chi connectivity index (χ1v) is 14.8. The molecule has 0 aliphatic carbocycles. The number of rotatable bonds is 5. The number of imidazole rings is 1. The Balaban J connectivity index is 1.17. The molecule has 2 aromatic carbocycles. The molecule has 2 bridgehead atoms. The summed E-state index contributed by atoms with van der Waals surface area (Å²) >= 11 is 0. The molecule has 3 fully saturated rings. The summed E-state index contributed by atoms with van der Waals surface area (Å²) in [5, 5.41) is 0. The molecular weight excluding hydrogens is 468 g/mol. The first kappa shape index (κ1) is 25.6. The van der Waals surface area contributed by atoms with Gasteiger partial charge in [0.1, 0.15) is 5.82 Å². The van der Waals surface area contributed by atoms with Gasteiger partial charge >= 0.3 is 0 Å². The van der Waals surface area contributed by atoms with Crippen LogP contribution in [0.25, 0.3) is 11.0 Å². The molecule has 3 saturated heterocycles. The molecule has 3 aromatic rings. The van der Waals surface area contributed by atoms with Gasteiger partial charge in [0.05, 0.1) is 11.0 Å². The maximum atomic E-state index is 13.0. The number of amides is 1. The Labute approximate surface area is 228 Å². The zero-order valence-corrected chi connectivity index (χ0v) is 23.7. The molecule has 2 unspecified atom stereocenters. The van der Waals surface area contributed by atoms with Crippen LogP contribution in [0.4, 0.5) is 0 Å². The van der Waals surface area contributed by atoms with Crippen LogP contribution in [0.1, 0.15) is 83.1 Å². The number of carbonyl (C=O) groups is 1. The highest BCUT2D eigenvalue weighted by atomic mass is 16.2. The minimum Gasteiger partial charge on any atom is -0.342 e. The number of aromatic nitrogens is 2. The normalized spacial score (nSPS) is 25.7. The third kappa shape index (κ3) is 4.57. The van der Waals surface area contributed by atoms with Gasteiger partial charge in [0.25, 0.3) is 0 Å². The van der Waals surface area contributed by atoms with Gasteiger partial charge in [-0.15, -0.1) is 0 Å². The Morgan fingerprint density at radius 3 is 2.21 bits per heavy atom. The Kier molecular flexibility index (Phi) is 6.62. The fourth-order valence-corrected chi connectivity index (χ4v) is 7.88. The van der Waals surface area contributed by atoms with Gasteiger partial charge < -0.3 is 9.47 Å². The lowest BCUT2D eigenvalue weighted by Gasteiger charge is -2.46. The van der Waals surface area contributed by atoms with Crippen molar-refractivity contribution in [2.75, 3.05) is 19.6 Å². The van der Waals surface area contributed by atoms with Crippen molar-refractivity contribution < 1.29 is 4.79 Å². The number of piperidine rings is 2. The quantitative estimate of drug-likeness (QED) is 0.391. The lowest BCUT2D eigenvalue weighted by atomic mass is 9.70. The van der Waals surface area contributed by atoms with Crippen LogP contribution in [0, 0.1) is 12.3 Å². The van der Waals surface area contributed by atoms with Gasteiger partial charge in [0, 0.05) is 36.6 Å². The van der Waals surface area contributed by atoms with E-state index in [1.54, 1.807) is 0 Å². The molecule has 3 aliphatic heterocycles. The summed E-state index contributed by atoms with van der Waals surface area (Å²) in [5.41, 5.74) is 3.73. The van der Waals surface area contributed by atoms with Crippen LogP contribution in [0.2, 0.25) is 0 Å². The van der Waals surface area contributed by atoms with Gasteiger partial charge in [0.2, 0.25) is 5.91 Å². The third-order valence-corrected chi connectivity index (χ3v) is 9.88. The smallest absolute Gasteiger partial charge is 0.227 e. The molecule has 6 rings (SSSR count). The molecule has 2 atom stereocenters. The van der Waals surface area contributed by atoms with Gasteiger partial charge in [-0.05, 0) is 81.5 Å². The first-order chi connectivity index (χ1) is 18.2. The number of likely N-dealkylation sites (tertiary alicyclic amines) is 1. The molecule has 0 saturated carbocycles. The van der Waals surface area contributed by atoms with Crippen LogP contribution >= 0.6 is 0 Å². The van der Waals surface area contributed by atoms with E-state index in [-0.39, 0.29) is 10.8 Å². The molecule has 1 aromatic heterocycles. The van der Waals surface area contributed by atoms with Crippen LogP contribution in [-0.2, 0) is 10.2 Å². The van der Waals surface area contributed by atoms with E-state index in [1.807, 2.05) is 20.8 Å². The zero-order valence-electron chi connectivity index (χ0n) is 23.7. The number of hydrogen-bond acceptors (Lipinski definition) is 3. The summed E-state index contributed by atoms with van der Waals surface area (Å²) < 4.78 is 2.53. The topological polar surface area (TPSA) is 41.4 Å². The van der Waals surface area contributed by atoms with E-state index >= 15 is 0 Å². The largest absolute Gasteiger partial charge is 0.342 e. The van der Waals surface area contributed by atoms with Crippen molar-refractivity contribution in [2.24, 2.45) is 5.41 Å². The summed E-state index contributed by atoms with van der Waals surface area (Å²) in [6.07, 6.45) is 8.39. The Morgan fingerprint density at radius 2 is 1.55 bits per heavy atom. The fourth-order valence-electron chi connectivity index (χ4n) is 7.88. The number of carbonyl (C=O) groups excluding carboxylic acids is 1. The van der Waals surface area contributed by atoms with Crippen LogP contribution < -0.4 is 0 Å². The van der Waals surface area contributed by atoms with E-state index in [1.165, 1.54) is 43.2 Å². The molecule has 0 spiro atoms. The maximum Gasteiger partial charge on any atom is 0.227 e. The van der Waals surface area contributed by atoms with Crippen molar-refractivity contribution in [3.63, 3.8) is 0 Å². The standard InChI is InChI=1S/C33H44N4O/c1-24-34-29-12-8-9-13-30(29)37(24)28-22-26-14-15-27(23-28)36(26)21-18-33(25-10-6-5-7-11-25)16-19-35(20-17-33)31(38)32(2,3)4/h5-13,26-28H,14-23H2,1-4H3. The van der Waals surface area contributed by atoms with Crippen LogP contribution in [0.15, 0.2) is 54.6 Å². The van der Waals surface area contributed by atoms with Gasteiger partial charge in [0.15, 0.2) is 0 Å². The van der Waals surface area contributed by atoms with E-state index < -0.39 is 0 Å². The highest BCUT2D eigenvalue weighted by molar-refractivity contribution is 5.81. The fraction of sp³-hybridized carbons (Fsp3) is 0.576. The third-order valence-electron chi connectivity index (χ3n) is 9.88. The van der Waals surface area contributed by atoms with Crippen molar-refractivity contribution in [2.45, 2.75) is 96.2 Å². The van der Waals surface area contributed by atoms with Crippen molar-refractivity contribution in [1.29, 1.82) is 0 Å². The monoisotopic (exact) mass is 512 g/mol. The van der Waals surface area contributed by atoms with E-state index in [2.05, 4.69) is 75.9 Å². The van der Waals surface area contributed by atoms with Crippen molar-refractivity contribution in [3.8, 4) is 0 Å². The number of aryl methyl sites for hydroxylation is 1. The Morgan fingerprint density at radius 1 is 0.921 bits per heavy atom. The molecule has 0 N–H and O–H groups in total. The van der Waals surface area contributed by atoms with E-state index in [0.29, 0.717) is 24.0 Å². The Hall–Kier alpha value is -2.66. The number of fused-ring (bicyclic) bond motifs is 3. The molecule has 38 heavy (non-hydrogen) atoms. The second-order valence-electron chi connectivity index (χ2n) is 13.2. The van der Waals surface area contributed by atoms with Crippen LogP contribution in [0.5, 0.6) is 0 Å². The molecule has 0 radical (unpaired) electrons. The maximum absolute atomic E-state index is 13.0. The van der Waals surface area contributed by atoms with E-state index in [9.17, 15) is 4.79 Å².